The number of rotatable bonds is 6. The Morgan fingerprint density at radius 1 is 1.09 bits per heavy atom. The first-order valence-corrected chi connectivity index (χ1v) is 12.3. The predicted octanol–water partition coefficient (Wildman–Crippen LogP) is 4.69. The molecule has 1 aromatic heterocycles. The van der Waals surface area contributed by atoms with Crippen LogP contribution in [0.2, 0.25) is 0 Å². The normalized spacial score (nSPS) is 22.0. The molecule has 0 spiro atoms. The number of likely N-dealkylation sites (tertiary alicyclic amines) is 1. The van der Waals surface area contributed by atoms with E-state index in [1.165, 1.54) is 19.3 Å². The molecule has 6 heteroatoms. The van der Waals surface area contributed by atoms with E-state index in [4.69, 9.17) is 0 Å². The molecule has 2 fully saturated rings. The first-order valence-electron chi connectivity index (χ1n) is 12.3. The van der Waals surface area contributed by atoms with Gasteiger partial charge in [0.05, 0.1) is 5.56 Å². The number of anilines is 1. The molecule has 2 aromatic rings. The van der Waals surface area contributed by atoms with Crippen molar-refractivity contribution in [2.45, 2.75) is 77.4 Å². The third-order valence-corrected chi connectivity index (χ3v) is 7.04. The van der Waals surface area contributed by atoms with Gasteiger partial charge in [0.15, 0.2) is 0 Å². The van der Waals surface area contributed by atoms with Crippen molar-refractivity contribution in [1.29, 1.82) is 0 Å². The number of nitrogens with zero attached hydrogens (tertiary/aromatic N) is 2. The Morgan fingerprint density at radius 2 is 1.91 bits per heavy atom. The van der Waals surface area contributed by atoms with Crippen LogP contribution in [0, 0.1) is 12.8 Å². The predicted molar refractivity (Wildman–Crippen MR) is 131 cm³/mol. The summed E-state index contributed by atoms with van der Waals surface area (Å²) in [7, 11) is 0. The molecule has 0 unspecified atom stereocenters. The standard InChI is InChI=1S/C27H36N4O2/c1-19-13-23(17-28-16-19)27(33)30-25-10-6-7-21(15-25)18-31-12-11-22(14-20(31)2)26(32)29-24-8-4-3-5-9-24/h6-7,10,13,15-17,20,22,24H,3-5,8-9,11-12,14,18H2,1-2H3,(H,29,32)(H,30,33)/t20-,22-/m0/s1. The second-order valence-electron chi connectivity index (χ2n) is 9.79. The van der Waals surface area contributed by atoms with Crippen molar-refractivity contribution >= 4 is 17.5 Å². The first-order chi connectivity index (χ1) is 16.0. The first kappa shape index (κ1) is 23.4. The summed E-state index contributed by atoms with van der Waals surface area (Å²) in [5, 5.41) is 6.30. The molecule has 2 aliphatic rings. The lowest BCUT2D eigenvalue weighted by Crippen LogP contribution is -2.47. The van der Waals surface area contributed by atoms with Crippen LogP contribution in [0.15, 0.2) is 42.7 Å². The molecule has 2 N–H and O–H groups in total. The van der Waals surface area contributed by atoms with Crippen molar-refractivity contribution in [2.24, 2.45) is 5.92 Å². The second-order valence-corrected chi connectivity index (χ2v) is 9.79. The van der Waals surface area contributed by atoms with Gasteiger partial charge in [-0.3, -0.25) is 19.5 Å². The van der Waals surface area contributed by atoms with Gasteiger partial charge >= 0.3 is 0 Å². The zero-order chi connectivity index (χ0) is 23.2. The van der Waals surface area contributed by atoms with Crippen LogP contribution in [0.3, 0.4) is 0 Å². The molecular weight excluding hydrogens is 412 g/mol. The van der Waals surface area contributed by atoms with Gasteiger partial charge in [0.25, 0.3) is 5.91 Å². The van der Waals surface area contributed by atoms with Gasteiger partial charge in [0.1, 0.15) is 0 Å². The molecule has 1 saturated heterocycles. The Bertz CT molecular complexity index is 970. The number of carbonyl (C=O) groups is 2. The maximum Gasteiger partial charge on any atom is 0.257 e. The summed E-state index contributed by atoms with van der Waals surface area (Å²) in [4.78, 5) is 31.9. The lowest BCUT2D eigenvalue weighted by molar-refractivity contribution is -0.128. The fourth-order valence-electron chi connectivity index (χ4n) is 5.12. The SMILES string of the molecule is Cc1cncc(C(=O)Nc2cccc(CN3CC[C@H](C(=O)NC4CCCCC4)C[C@@H]3C)c2)c1. The van der Waals surface area contributed by atoms with Gasteiger partial charge in [-0.2, -0.15) is 0 Å². The Balaban J connectivity index is 1.30. The molecule has 4 rings (SSSR count). The molecule has 6 nitrogen and oxygen atoms in total. The summed E-state index contributed by atoms with van der Waals surface area (Å²) in [6.07, 6.45) is 11.2. The number of pyridine rings is 1. The molecule has 0 bridgehead atoms. The number of benzene rings is 1. The number of nitrogens with one attached hydrogen (secondary N) is 2. The molecule has 2 atom stereocenters. The van der Waals surface area contributed by atoms with E-state index in [2.05, 4.69) is 33.5 Å². The molecule has 1 aromatic carbocycles. The van der Waals surface area contributed by atoms with Gasteiger partial charge in [0.2, 0.25) is 5.91 Å². The largest absolute Gasteiger partial charge is 0.353 e. The van der Waals surface area contributed by atoms with Crippen LogP contribution in [0.1, 0.15) is 73.4 Å². The van der Waals surface area contributed by atoms with E-state index < -0.39 is 0 Å². The van der Waals surface area contributed by atoms with Gasteiger partial charge < -0.3 is 10.6 Å². The van der Waals surface area contributed by atoms with E-state index in [-0.39, 0.29) is 17.7 Å². The highest BCUT2D eigenvalue weighted by Gasteiger charge is 2.31. The molecule has 1 aliphatic carbocycles. The number of hydrogen-bond donors (Lipinski definition) is 2. The Hall–Kier alpha value is -2.73. The minimum Gasteiger partial charge on any atom is -0.353 e. The lowest BCUT2D eigenvalue weighted by Gasteiger charge is -2.38. The quantitative estimate of drug-likeness (QED) is 0.672. The van der Waals surface area contributed by atoms with E-state index in [1.807, 2.05) is 31.2 Å². The van der Waals surface area contributed by atoms with Crippen LogP contribution >= 0.6 is 0 Å². The number of amides is 2. The monoisotopic (exact) mass is 448 g/mol. The zero-order valence-electron chi connectivity index (χ0n) is 19.8. The van der Waals surface area contributed by atoms with E-state index in [0.29, 0.717) is 17.6 Å². The second kappa shape index (κ2) is 10.9. The van der Waals surface area contributed by atoms with Crippen LogP contribution < -0.4 is 10.6 Å². The van der Waals surface area contributed by atoms with Gasteiger partial charge in [-0.1, -0.05) is 31.4 Å². The molecular formula is C27H36N4O2. The number of hydrogen-bond acceptors (Lipinski definition) is 4. The van der Waals surface area contributed by atoms with Crippen LogP contribution in [-0.2, 0) is 11.3 Å². The lowest BCUT2D eigenvalue weighted by atomic mass is 9.89. The molecule has 33 heavy (non-hydrogen) atoms. The van der Waals surface area contributed by atoms with Gasteiger partial charge in [-0.05, 0) is 75.4 Å². The van der Waals surface area contributed by atoms with Gasteiger partial charge in [-0.25, -0.2) is 0 Å². The van der Waals surface area contributed by atoms with Crippen LogP contribution in [0.5, 0.6) is 0 Å². The van der Waals surface area contributed by atoms with E-state index >= 15 is 0 Å². The highest BCUT2D eigenvalue weighted by Crippen LogP contribution is 2.26. The van der Waals surface area contributed by atoms with E-state index in [9.17, 15) is 9.59 Å². The minimum absolute atomic E-state index is 0.117. The number of carbonyl (C=O) groups excluding carboxylic acids is 2. The zero-order valence-corrected chi connectivity index (χ0v) is 19.8. The number of aromatic nitrogens is 1. The van der Waals surface area contributed by atoms with Crippen molar-refractivity contribution in [1.82, 2.24) is 15.2 Å². The number of aryl methyl sites for hydroxylation is 1. The molecule has 0 radical (unpaired) electrons. The molecule has 1 aliphatic heterocycles. The van der Waals surface area contributed by atoms with Gasteiger partial charge in [0, 0.05) is 42.6 Å². The third-order valence-electron chi connectivity index (χ3n) is 7.04. The van der Waals surface area contributed by atoms with Crippen molar-refractivity contribution in [3.8, 4) is 0 Å². The van der Waals surface area contributed by atoms with E-state index in [0.717, 1.165) is 55.6 Å². The fourth-order valence-corrected chi connectivity index (χ4v) is 5.12. The highest BCUT2D eigenvalue weighted by molar-refractivity contribution is 6.04. The molecule has 2 amide bonds. The van der Waals surface area contributed by atoms with Crippen LogP contribution in [0.25, 0.3) is 0 Å². The Kier molecular flexibility index (Phi) is 7.76. The van der Waals surface area contributed by atoms with Crippen molar-refractivity contribution in [3.63, 3.8) is 0 Å². The third kappa shape index (κ3) is 6.41. The summed E-state index contributed by atoms with van der Waals surface area (Å²) >= 11 is 0. The maximum absolute atomic E-state index is 12.8. The summed E-state index contributed by atoms with van der Waals surface area (Å²) in [5.74, 6) is 0.219. The average Bonchev–Trinajstić information content (AvgIpc) is 2.81. The maximum atomic E-state index is 12.8. The van der Waals surface area contributed by atoms with Crippen LogP contribution in [0.4, 0.5) is 5.69 Å². The topological polar surface area (TPSA) is 74.3 Å². The summed E-state index contributed by atoms with van der Waals surface area (Å²) in [6.45, 7) is 5.87. The fraction of sp³-hybridized carbons (Fsp3) is 0.519. The smallest absolute Gasteiger partial charge is 0.257 e. The summed E-state index contributed by atoms with van der Waals surface area (Å²) < 4.78 is 0. The van der Waals surface area contributed by atoms with Crippen molar-refractivity contribution < 1.29 is 9.59 Å². The average molecular weight is 449 g/mol. The molecule has 1 saturated carbocycles. The van der Waals surface area contributed by atoms with E-state index in [1.54, 1.807) is 12.4 Å². The molecule has 176 valence electrons. The Labute approximate surface area is 197 Å². The highest BCUT2D eigenvalue weighted by atomic mass is 16.2. The summed E-state index contributed by atoms with van der Waals surface area (Å²) in [5.41, 5.74) is 3.46. The summed E-state index contributed by atoms with van der Waals surface area (Å²) in [6, 6.07) is 10.6. The van der Waals surface area contributed by atoms with Gasteiger partial charge in [-0.15, -0.1) is 0 Å². The Morgan fingerprint density at radius 3 is 2.67 bits per heavy atom. The van der Waals surface area contributed by atoms with Crippen molar-refractivity contribution in [2.75, 3.05) is 11.9 Å². The number of piperidine rings is 1. The molecule has 2 heterocycles. The minimum atomic E-state index is -0.151. The van der Waals surface area contributed by atoms with Crippen LogP contribution in [-0.4, -0.2) is 40.3 Å². The van der Waals surface area contributed by atoms with Crippen molar-refractivity contribution in [3.05, 3.63) is 59.4 Å².